The molecular weight excluding hydrogens is 453 g/mol. The third-order valence-electron chi connectivity index (χ3n) is 3.80. The number of benzene rings is 1. The van der Waals surface area contributed by atoms with Crippen LogP contribution in [0.1, 0.15) is 24.1 Å². The molecule has 0 radical (unpaired) electrons. The molecule has 3 N–H and O–H groups in total. The number of carbonyl (C=O) groups excluding carboxylic acids is 1. The molecule has 0 spiro atoms. The van der Waals surface area contributed by atoms with Gasteiger partial charge in [0.25, 0.3) is 0 Å². The summed E-state index contributed by atoms with van der Waals surface area (Å²) in [7, 11) is 1.73. The van der Waals surface area contributed by atoms with Crippen LogP contribution >= 0.6 is 24.0 Å². The molecule has 0 saturated heterocycles. The van der Waals surface area contributed by atoms with Crippen LogP contribution in [0.4, 0.5) is 5.82 Å². The minimum atomic E-state index is -0.0740. The summed E-state index contributed by atoms with van der Waals surface area (Å²) >= 11 is 0. The third-order valence-corrected chi connectivity index (χ3v) is 3.80. The zero-order valence-corrected chi connectivity index (χ0v) is 18.2. The molecule has 1 amide bonds. The van der Waals surface area contributed by atoms with E-state index in [4.69, 9.17) is 0 Å². The molecule has 1 aromatic carbocycles. The lowest BCUT2D eigenvalue weighted by atomic mass is 10.1. The van der Waals surface area contributed by atoms with Crippen molar-refractivity contribution in [1.29, 1.82) is 0 Å². The predicted molar refractivity (Wildman–Crippen MR) is 122 cm³/mol. The lowest BCUT2D eigenvalue weighted by molar-refractivity contribution is -0.116. The molecule has 2 aromatic rings. The first kappa shape index (κ1) is 22.9. The molecule has 7 heteroatoms. The van der Waals surface area contributed by atoms with E-state index in [0.717, 1.165) is 25.1 Å². The Morgan fingerprint density at radius 2 is 1.78 bits per heavy atom. The highest BCUT2D eigenvalue weighted by Gasteiger charge is 2.04. The van der Waals surface area contributed by atoms with Gasteiger partial charge in [-0.2, -0.15) is 0 Å². The van der Waals surface area contributed by atoms with Crippen molar-refractivity contribution in [3.8, 4) is 0 Å². The van der Waals surface area contributed by atoms with Crippen LogP contribution < -0.4 is 16.0 Å². The number of anilines is 1. The first-order valence-corrected chi connectivity index (χ1v) is 8.89. The fourth-order valence-electron chi connectivity index (χ4n) is 2.48. The standard InChI is InChI=1S/C20H27N5O.HI/c1-16-8-6-12-18(24-16)25-19(26)13-15-23-20(21-2)22-14-7-11-17-9-4-3-5-10-17;/h3-6,8-10,12H,7,11,13-15H2,1-2H3,(H2,21,22,23)(H,24,25,26);1H. The van der Waals surface area contributed by atoms with Crippen molar-refractivity contribution in [3.63, 3.8) is 0 Å². The lowest BCUT2D eigenvalue weighted by Gasteiger charge is -2.12. The molecule has 0 unspecified atom stereocenters. The van der Waals surface area contributed by atoms with Gasteiger partial charge >= 0.3 is 0 Å². The Morgan fingerprint density at radius 1 is 1.04 bits per heavy atom. The maximum atomic E-state index is 12.0. The number of nitrogens with one attached hydrogen (secondary N) is 3. The minimum absolute atomic E-state index is 0. The molecule has 0 aliphatic carbocycles. The van der Waals surface area contributed by atoms with Crippen molar-refractivity contribution in [2.45, 2.75) is 26.2 Å². The maximum absolute atomic E-state index is 12.0. The Labute approximate surface area is 178 Å². The van der Waals surface area contributed by atoms with Gasteiger partial charge < -0.3 is 16.0 Å². The number of nitrogens with zero attached hydrogens (tertiary/aromatic N) is 2. The van der Waals surface area contributed by atoms with Gasteiger partial charge in [0.05, 0.1) is 0 Å². The van der Waals surface area contributed by atoms with E-state index in [1.54, 1.807) is 13.1 Å². The Bertz CT molecular complexity index is 721. The molecule has 27 heavy (non-hydrogen) atoms. The van der Waals surface area contributed by atoms with E-state index in [9.17, 15) is 4.79 Å². The van der Waals surface area contributed by atoms with Crippen LogP contribution in [-0.2, 0) is 11.2 Å². The Morgan fingerprint density at radius 3 is 2.48 bits per heavy atom. The number of guanidine groups is 1. The van der Waals surface area contributed by atoms with Crippen molar-refractivity contribution in [1.82, 2.24) is 15.6 Å². The topological polar surface area (TPSA) is 78.4 Å². The number of hydrogen-bond donors (Lipinski definition) is 3. The number of hydrogen-bond acceptors (Lipinski definition) is 3. The van der Waals surface area contributed by atoms with Gasteiger partial charge in [0.1, 0.15) is 5.82 Å². The fourth-order valence-corrected chi connectivity index (χ4v) is 2.48. The summed E-state index contributed by atoms with van der Waals surface area (Å²) < 4.78 is 0. The second-order valence-electron chi connectivity index (χ2n) is 5.98. The maximum Gasteiger partial charge on any atom is 0.227 e. The molecule has 2 rings (SSSR count). The number of aromatic nitrogens is 1. The smallest absolute Gasteiger partial charge is 0.227 e. The largest absolute Gasteiger partial charge is 0.356 e. The molecule has 0 atom stereocenters. The van der Waals surface area contributed by atoms with E-state index < -0.39 is 0 Å². The number of aliphatic imine (C=N–C) groups is 1. The average Bonchev–Trinajstić information content (AvgIpc) is 2.64. The van der Waals surface area contributed by atoms with Crippen molar-refractivity contribution >= 4 is 41.7 Å². The zero-order valence-electron chi connectivity index (χ0n) is 15.9. The average molecular weight is 481 g/mol. The second-order valence-corrected chi connectivity index (χ2v) is 5.98. The van der Waals surface area contributed by atoms with Crippen molar-refractivity contribution < 1.29 is 4.79 Å². The Hall–Kier alpha value is -2.16. The van der Waals surface area contributed by atoms with Crippen molar-refractivity contribution in [2.24, 2.45) is 4.99 Å². The van der Waals surface area contributed by atoms with E-state index >= 15 is 0 Å². The summed E-state index contributed by atoms with van der Waals surface area (Å²) in [5.74, 6) is 1.22. The molecule has 1 aromatic heterocycles. The highest BCUT2D eigenvalue weighted by Crippen LogP contribution is 2.04. The van der Waals surface area contributed by atoms with E-state index in [0.29, 0.717) is 24.7 Å². The lowest BCUT2D eigenvalue weighted by Crippen LogP contribution is -2.39. The number of aryl methyl sites for hydroxylation is 2. The van der Waals surface area contributed by atoms with Gasteiger partial charge in [0.15, 0.2) is 5.96 Å². The van der Waals surface area contributed by atoms with Crippen LogP contribution in [0.3, 0.4) is 0 Å². The number of carbonyl (C=O) groups is 1. The number of rotatable bonds is 8. The molecule has 146 valence electrons. The van der Waals surface area contributed by atoms with Crippen LogP contribution in [0.5, 0.6) is 0 Å². The SMILES string of the molecule is CN=C(NCCCc1ccccc1)NCCC(=O)Nc1cccc(C)n1.I. The summed E-state index contributed by atoms with van der Waals surface area (Å²) in [6.07, 6.45) is 2.39. The van der Waals surface area contributed by atoms with Gasteiger partial charge in [-0.25, -0.2) is 4.98 Å². The van der Waals surface area contributed by atoms with E-state index in [2.05, 4.69) is 50.2 Å². The zero-order chi connectivity index (χ0) is 18.6. The third kappa shape index (κ3) is 9.37. The Balaban J connectivity index is 0.00000364. The molecule has 6 nitrogen and oxygen atoms in total. The van der Waals surface area contributed by atoms with Crippen LogP contribution in [0.2, 0.25) is 0 Å². The van der Waals surface area contributed by atoms with Gasteiger partial charge in [-0.15, -0.1) is 24.0 Å². The fraction of sp³-hybridized carbons (Fsp3) is 0.350. The van der Waals surface area contributed by atoms with Gasteiger partial charge in [-0.05, 0) is 37.5 Å². The van der Waals surface area contributed by atoms with Crippen LogP contribution in [0, 0.1) is 6.92 Å². The number of halogens is 1. The van der Waals surface area contributed by atoms with E-state index in [1.807, 2.05) is 25.1 Å². The Kier molecular flexibility index (Phi) is 11.1. The summed E-state index contributed by atoms with van der Waals surface area (Å²) in [5.41, 5.74) is 2.21. The normalized spacial score (nSPS) is 10.7. The summed E-state index contributed by atoms with van der Waals surface area (Å²) in [6, 6.07) is 16.0. The monoisotopic (exact) mass is 481 g/mol. The van der Waals surface area contributed by atoms with Gasteiger partial charge in [-0.3, -0.25) is 9.79 Å². The van der Waals surface area contributed by atoms with Gasteiger partial charge in [0.2, 0.25) is 5.91 Å². The van der Waals surface area contributed by atoms with E-state index in [1.165, 1.54) is 5.56 Å². The molecule has 1 heterocycles. The number of pyridine rings is 1. The van der Waals surface area contributed by atoms with E-state index in [-0.39, 0.29) is 29.9 Å². The highest BCUT2D eigenvalue weighted by molar-refractivity contribution is 14.0. The first-order chi connectivity index (χ1) is 12.7. The molecule has 0 fully saturated rings. The van der Waals surface area contributed by atoms with Crippen LogP contribution in [0.25, 0.3) is 0 Å². The van der Waals surface area contributed by atoms with Crippen LogP contribution in [-0.4, -0.2) is 37.0 Å². The van der Waals surface area contributed by atoms with Crippen molar-refractivity contribution in [2.75, 3.05) is 25.5 Å². The molecule has 0 aliphatic heterocycles. The molecule has 0 bridgehead atoms. The van der Waals surface area contributed by atoms with Crippen LogP contribution in [0.15, 0.2) is 53.5 Å². The molecule has 0 saturated carbocycles. The predicted octanol–water partition coefficient (Wildman–Crippen LogP) is 3.13. The molecular formula is C20H28IN5O. The van der Waals surface area contributed by atoms with Crippen molar-refractivity contribution in [3.05, 3.63) is 59.8 Å². The summed E-state index contributed by atoms with van der Waals surface area (Å²) in [4.78, 5) is 20.4. The molecule has 0 aliphatic rings. The quantitative estimate of drug-likeness (QED) is 0.234. The van der Waals surface area contributed by atoms with Gasteiger partial charge in [-0.1, -0.05) is 36.4 Å². The first-order valence-electron chi connectivity index (χ1n) is 8.89. The second kappa shape index (κ2) is 13.1. The number of amides is 1. The summed E-state index contributed by atoms with van der Waals surface area (Å²) in [6.45, 7) is 3.23. The van der Waals surface area contributed by atoms with Gasteiger partial charge in [0, 0.05) is 32.3 Å². The summed E-state index contributed by atoms with van der Waals surface area (Å²) in [5, 5.41) is 9.21. The highest BCUT2D eigenvalue weighted by atomic mass is 127. The minimum Gasteiger partial charge on any atom is -0.356 e.